The topological polar surface area (TPSA) is 83.4 Å². The van der Waals surface area contributed by atoms with Gasteiger partial charge in [0.2, 0.25) is 0 Å². The van der Waals surface area contributed by atoms with Gasteiger partial charge in [-0.25, -0.2) is 0 Å². The maximum absolute atomic E-state index is 10.3. The number of hydrogen-bond donors (Lipinski definition) is 3. The van der Waals surface area contributed by atoms with Crippen molar-refractivity contribution in [3.63, 3.8) is 0 Å². The highest BCUT2D eigenvalue weighted by Crippen LogP contribution is 2.28. The summed E-state index contributed by atoms with van der Waals surface area (Å²) in [6, 6.07) is 12.6. The Hall–Kier alpha value is -1.74. The molecular formula is C24H32Cl2N2O5. The molecule has 0 radical (unpaired) electrons. The molecule has 0 amide bonds. The van der Waals surface area contributed by atoms with Crippen molar-refractivity contribution in [2.75, 3.05) is 33.4 Å². The van der Waals surface area contributed by atoms with Crippen LogP contribution in [0.5, 0.6) is 17.2 Å². The summed E-state index contributed by atoms with van der Waals surface area (Å²) in [6.45, 7) is 3.88. The minimum Gasteiger partial charge on any atom is -0.497 e. The smallest absolute Gasteiger partial charge is 0.178 e. The van der Waals surface area contributed by atoms with Crippen LogP contribution >= 0.6 is 23.2 Å². The lowest BCUT2D eigenvalue weighted by atomic mass is 10.0. The van der Waals surface area contributed by atoms with Crippen molar-refractivity contribution in [3.05, 3.63) is 52.5 Å². The van der Waals surface area contributed by atoms with Crippen LogP contribution in [0.2, 0.25) is 10.0 Å². The lowest BCUT2D eigenvalue weighted by molar-refractivity contribution is -0.0682. The first-order valence-electron chi connectivity index (χ1n) is 11.1. The molecule has 0 aliphatic carbocycles. The molecule has 1 aliphatic heterocycles. The van der Waals surface area contributed by atoms with Gasteiger partial charge in [0.1, 0.15) is 36.1 Å². The normalized spacial score (nSPS) is 17.9. The molecule has 0 spiro atoms. The number of halogens is 2. The molecule has 3 rings (SSSR count). The second kappa shape index (κ2) is 12.6. The number of hydrogen-bond acceptors (Lipinski definition) is 7. The Kier molecular flexibility index (Phi) is 9.92. The van der Waals surface area contributed by atoms with Crippen molar-refractivity contribution >= 4 is 23.2 Å². The van der Waals surface area contributed by atoms with Crippen molar-refractivity contribution < 1.29 is 24.4 Å². The Morgan fingerprint density at radius 2 is 1.64 bits per heavy atom. The third-order valence-electron chi connectivity index (χ3n) is 5.59. The van der Waals surface area contributed by atoms with Crippen molar-refractivity contribution in [2.45, 2.75) is 44.2 Å². The summed E-state index contributed by atoms with van der Waals surface area (Å²) in [5.74, 6) is 2.01. The number of rotatable bonds is 11. The summed E-state index contributed by atoms with van der Waals surface area (Å²) in [5, 5.41) is 24.8. The number of nitrogens with zero attached hydrogens (tertiary/aromatic N) is 1. The van der Waals surface area contributed by atoms with Gasteiger partial charge in [0.05, 0.1) is 17.2 Å². The first-order chi connectivity index (χ1) is 15.9. The summed E-state index contributed by atoms with van der Waals surface area (Å²) in [7, 11) is 1.61. The van der Waals surface area contributed by atoms with E-state index < -0.39 is 18.4 Å². The van der Waals surface area contributed by atoms with Crippen molar-refractivity contribution in [1.29, 1.82) is 0 Å². The highest BCUT2D eigenvalue weighted by molar-refractivity contribution is 6.42. The summed E-state index contributed by atoms with van der Waals surface area (Å²) >= 11 is 12.1. The molecule has 1 aliphatic rings. The number of likely N-dealkylation sites (tertiary alicyclic amines) is 1. The van der Waals surface area contributed by atoms with Crippen molar-refractivity contribution in [2.24, 2.45) is 0 Å². The van der Waals surface area contributed by atoms with Crippen molar-refractivity contribution in [1.82, 2.24) is 10.2 Å². The van der Waals surface area contributed by atoms with Gasteiger partial charge < -0.3 is 29.7 Å². The third kappa shape index (κ3) is 7.91. The van der Waals surface area contributed by atoms with E-state index in [2.05, 4.69) is 10.2 Å². The van der Waals surface area contributed by atoms with Crippen LogP contribution in [0.25, 0.3) is 0 Å². The van der Waals surface area contributed by atoms with Crippen LogP contribution in [0, 0.1) is 0 Å². The minimum absolute atomic E-state index is 0.208. The third-order valence-corrected chi connectivity index (χ3v) is 6.33. The molecule has 182 valence electrons. The Morgan fingerprint density at radius 1 is 1.00 bits per heavy atom. The van der Waals surface area contributed by atoms with E-state index in [0.29, 0.717) is 28.1 Å². The first kappa shape index (κ1) is 25.9. The van der Waals surface area contributed by atoms with E-state index in [9.17, 15) is 10.2 Å². The zero-order chi connectivity index (χ0) is 23.8. The molecule has 9 heteroatoms. The van der Waals surface area contributed by atoms with E-state index in [-0.39, 0.29) is 12.6 Å². The van der Waals surface area contributed by atoms with Crippen molar-refractivity contribution in [3.8, 4) is 17.2 Å². The van der Waals surface area contributed by atoms with Gasteiger partial charge in [-0.2, -0.15) is 0 Å². The highest BCUT2D eigenvalue weighted by atomic mass is 35.5. The number of aliphatic hydroxyl groups is 2. The Labute approximate surface area is 205 Å². The molecule has 0 bridgehead atoms. The van der Waals surface area contributed by atoms with Gasteiger partial charge in [0.15, 0.2) is 6.23 Å². The van der Waals surface area contributed by atoms with E-state index in [4.69, 9.17) is 37.4 Å². The van der Waals surface area contributed by atoms with E-state index in [1.54, 1.807) is 32.2 Å². The molecule has 2 unspecified atom stereocenters. The van der Waals surface area contributed by atoms with Crippen LogP contribution in [-0.2, 0) is 0 Å². The summed E-state index contributed by atoms with van der Waals surface area (Å²) in [5.41, 5.74) is 0. The van der Waals surface area contributed by atoms with Crippen LogP contribution < -0.4 is 19.5 Å². The minimum atomic E-state index is -0.680. The zero-order valence-electron chi connectivity index (χ0n) is 18.9. The molecule has 1 saturated heterocycles. The van der Waals surface area contributed by atoms with Gasteiger partial charge in [-0.1, -0.05) is 23.2 Å². The molecular weight excluding hydrogens is 467 g/mol. The first-order valence-corrected chi connectivity index (χ1v) is 11.8. The van der Waals surface area contributed by atoms with E-state index >= 15 is 0 Å². The zero-order valence-corrected chi connectivity index (χ0v) is 20.4. The monoisotopic (exact) mass is 498 g/mol. The molecule has 1 heterocycles. The molecule has 33 heavy (non-hydrogen) atoms. The second-order valence-corrected chi connectivity index (χ2v) is 9.00. The molecule has 2 aromatic rings. The summed E-state index contributed by atoms with van der Waals surface area (Å²) in [6.07, 6.45) is -0.0269. The fourth-order valence-electron chi connectivity index (χ4n) is 3.75. The van der Waals surface area contributed by atoms with Crippen LogP contribution in [-0.4, -0.2) is 72.9 Å². The van der Waals surface area contributed by atoms with Gasteiger partial charge >= 0.3 is 0 Å². The predicted octanol–water partition coefficient (Wildman–Crippen LogP) is 3.58. The number of ether oxygens (including phenoxy) is 3. The van der Waals surface area contributed by atoms with Gasteiger partial charge in [0, 0.05) is 31.7 Å². The molecule has 2 aromatic carbocycles. The van der Waals surface area contributed by atoms with Gasteiger partial charge in [-0.3, -0.25) is 4.90 Å². The molecule has 3 atom stereocenters. The molecule has 3 N–H and O–H groups in total. The lowest BCUT2D eigenvalue weighted by Gasteiger charge is -2.39. The average molecular weight is 499 g/mol. The Balaban J connectivity index is 1.40. The van der Waals surface area contributed by atoms with Crippen LogP contribution in [0.4, 0.5) is 0 Å². The van der Waals surface area contributed by atoms with Crippen LogP contribution in [0.3, 0.4) is 0 Å². The Morgan fingerprint density at radius 3 is 2.24 bits per heavy atom. The second-order valence-electron chi connectivity index (χ2n) is 8.18. The number of methoxy groups -OCH3 is 1. The fraction of sp³-hybridized carbons (Fsp3) is 0.500. The largest absolute Gasteiger partial charge is 0.497 e. The van der Waals surface area contributed by atoms with Crippen LogP contribution in [0.15, 0.2) is 42.5 Å². The predicted molar refractivity (Wildman–Crippen MR) is 130 cm³/mol. The SMILES string of the molecule is COc1ccc(OC[C@@H](O)CNC2CCN(C(Oc3ccc(Cl)c(Cl)c3)C(C)O)CC2)cc1. The van der Waals surface area contributed by atoms with Crippen LogP contribution in [0.1, 0.15) is 19.8 Å². The van der Waals surface area contributed by atoms with Gasteiger partial charge in [0.25, 0.3) is 0 Å². The number of aliphatic hydroxyl groups excluding tert-OH is 2. The number of nitrogens with one attached hydrogen (secondary N) is 1. The standard InChI is InChI=1S/C24H32Cl2N2O5/c1-16(29)24(33-21-7-8-22(25)23(26)13-21)28-11-9-17(10-12-28)27-14-18(30)15-32-20-5-3-19(31-2)4-6-20/h3-8,13,16-18,24,27,29-30H,9-12,14-15H2,1-2H3/t16?,18-,24?/m0/s1. The number of benzene rings is 2. The van der Waals surface area contributed by atoms with Gasteiger partial charge in [-0.15, -0.1) is 0 Å². The number of piperidine rings is 1. The van der Waals surface area contributed by atoms with E-state index in [1.165, 1.54) is 0 Å². The summed E-state index contributed by atoms with van der Waals surface area (Å²) in [4.78, 5) is 2.12. The molecule has 0 saturated carbocycles. The highest BCUT2D eigenvalue weighted by Gasteiger charge is 2.29. The molecule has 7 nitrogen and oxygen atoms in total. The van der Waals surface area contributed by atoms with E-state index in [1.807, 2.05) is 24.3 Å². The van der Waals surface area contributed by atoms with E-state index in [0.717, 1.165) is 31.7 Å². The summed E-state index contributed by atoms with van der Waals surface area (Å²) < 4.78 is 16.8. The maximum Gasteiger partial charge on any atom is 0.178 e. The Bertz CT molecular complexity index is 860. The lowest BCUT2D eigenvalue weighted by Crippen LogP contribution is -2.53. The molecule has 0 aromatic heterocycles. The molecule has 1 fully saturated rings. The van der Waals surface area contributed by atoms with Gasteiger partial charge in [-0.05, 0) is 56.2 Å². The fourth-order valence-corrected chi connectivity index (χ4v) is 4.04. The average Bonchev–Trinajstić information content (AvgIpc) is 2.82. The maximum atomic E-state index is 10.3. The quantitative estimate of drug-likeness (QED) is 0.436.